The van der Waals surface area contributed by atoms with E-state index in [1.165, 1.54) is 0 Å². The van der Waals surface area contributed by atoms with Crippen molar-refractivity contribution < 1.29 is 14.0 Å². The molecule has 62 valence electrons. The third-order valence-electron chi connectivity index (χ3n) is 0.804. The van der Waals surface area contributed by atoms with E-state index in [4.69, 9.17) is 16.5 Å². The second-order valence-corrected chi connectivity index (χ2v) is 3.56. The Morgan fingerprint density at radius 2 is 2.20 bits per heavy atom. The monoisotopic (exact) mass is 187 g/mol. The number of rotatable bonds is 5. The van der Waals surface area contributed by atoms with Crippen LogP contribution in [0.3, 0.4) is 0 Å². The molecule has 10 heavy (non-hydrogen) atoms. The van der Waals surface area contributed by atoms with Crippen molar-refractivity contribution in [3.8, 4) is 0 Å². The van der Waals surface area contributed by atoms with Crippen molar-refractivity contribution in [1.82, 2.24) is 0 Å². The van der Waals surface area contributed by atoms with Gasteiger partial charge in [-0.3, -0.25) is 4.52 Å². The molecule has 0 bridgehead atoms. The summed E-state index contributed by atoms with van der Waals surface area (Å²) >= 11 is 5.33. The predicted molar refractivity (Wildman–Crippen MR) is 39.9 cm³/mol. The average molecular weight is 188 g/mol. The summed E-state index contributed by atoms with van der Waals surface area (Å²) in [7, 11) is -3.75. The zero-order valence-corrected chi connectivity index (χ0v) is 7.15. The molecule has 0 aromatic rings. The molecule has 0 aromatic heterocycles. The molecule has 0 aliphatic heterocycles. The lowest BCUT2D eigenvalue weighted by atomic mass is 10.4. The zero-order valence-electron chi connectivity index (χ0n) is 5.49. The minimum atomic E-state index is -3.75. The molecule has 0 aromatic carbocycles. The summed E-state index contributed by atoms with van der Waals surface area (Å²) in [5.41, 5.74) is 4.67. The summed E-state index contributed by atoms with van der Waals surface area (Å²) in [4.78, 5) is 8.40. The Morgan fingerprint density at radius 3 is 2.60 bits per heavy atom. The van der Waals surface area contributed by atoms with Gasteiger partial charge in [-0.2, -0.15) is 0 Å². The van der Waals surface area contributed by atoms with Gasteiger partial charge in [-0.1, -0.05) is 0 Å². The number of hydrogen-bond acceptors (Lipinski definition) is 2. The van der Waals surface area contributed by atoms with E-state index in [0.29, 0.717) is 12.3 Å². The van der Waals surface area contributed by atoms with E-state index in [2.05, 4.69) is 10.0 Å². The molecule has 0 fully saturated rings. The molecule has 0 saturated heterocycles. The fourth-order valence-electron chi connectivity index (χ4n) is 0.392. The van der Waals surface area contributed by atoms with E-state index in [1.807, 2.05) is 0 Å². The van der Waals surface area contributed by atoms with E-state index in [-0.39, 0.29) is 6.61 Å². The topological polar surface area (TPSA) is 72.6 Å². The first kappa shape index (κ1) is 10.4. The number of hydrogen-bond donors (Lipinski definition) is 2. The molecular weight excluding hydrogens is 176 g/mol. The molecule has 1 unspecified atom stereocenters. The van der Waals surface area contributed by atoms with Crippen LogP contribution in [0.15, 0.2) is 0 Å². The zero-order chi connectivity index (χ0) is 8.04. The van der Waals surface area contributed by atoms with Gasteiger partial charge in [0.15, 0.2) is 0 Å². The van der Waals surface area contributed by atoms with E-state index in [1.54, 1.807) is 0 Å². The second-order valence-electron chi connectivity index (χ2n) is 1.79. The Bertz CT molecular complexity index is 126. The maximum absolute atomic E-state index is 10.3. The largest absolute Gasteiger partial charge is 0.400 e. The quantitative estimate of drug-likeness (QED) is 0.384. The fraction of sp³-hybridized carbons (Fsp3) is 1.00. The molecular formula is C4H11ClNO3P. The van der Waals surface area contributed by atoms with E-state index < -0.39 is 7.75 Å². The lowest BCUT2D eigenvalue weighted by molar-refractivity contribution is 0.256. The summed E-state index contributed by atoms with van der Waals surface area (Å²) in [5.74, 6) is 0.531. The molecule has 0 aliphatic rings. The minimum absolute atomic E-state index is 0.191. The molecule has 0 heterocycles. The van der Waals surface area contributed by atoms with Crippen molar-refractivity contribution in [2.45, 2.75) is 12.8 Å². The Morgan fingerprint density at radius 1 is 1.60 bits per heavy atom. The van der Waals surface area contributed by atoms with Gasteiger partial charge in [0, 0.05) is 5.88 Å². The first-order valence-electron chi connectivity index (χ1n) is 2.88. The van der Waals surface area contributed by atoms with Crippen LogP contribution in [0.4, 0.5) is 0 Å². The Balaban J connectivity index is 3.13. The van der Waals surface area contributed by atoms with Gasteiger partial charge in [0.1, 0.15) is 0 Å². The van der Waals surface area contributed by atoms with Crippen molar-refractivity contribution in [1.29, 1.82) is 0 Å². The van der Waals surface area contributed by atoms with Crippen LogP contribution in [0.1, 0.15) is 12.8 Å². The molecule has 6 heteroatoms. The molecule has 0 rings (SSSR count). The van der Waals surface area contributed by atoms with Gasteiger partial charge < -0.3 is 4.89 Å². The van der Waals surface area contributed by atoms with Crippen molar-refractivity contribution >= 4 is 19.3 Å². The summed E-state index contributed by atoms with van der Waals surface area (Å²) in [6, 6.07) is 0. The molecule has 0 aliphatic carbocycles. The Hall–Kier alpha value is 0.400. The highest BCUT2D eigenvalue weighted by Crippen LogP contribution is 2.30. The van der Waals surface area contributed by atoms with Gasteiger partial charge >= 0.3 is 7.75 Å². The first-order chi connectivity index (χ1) is 4.56. The van der Waals surface area contributed by atoms with Crippen LogP contribution >= 0.6 is 19.3 Å². The summed E-state index contributed by atoms with van der Waals surface area (Å²) in [6.07, 6.45) is 1.42. The second kappa shape index (κ2) is 5.10. The van der Waals surface area contributed by atoms with Crippen LogP contribution in [0.5, 0.6) is 0 Å². The van der Waals surface area contributed by atoms with Crippen LogP contribution in [0.25, 0.3) is 0 Å². The van der Waals surface area contributed by atoms with Gasteiger partial charge in [0.25, 0.3) is 0 Å². The van der Waals surface area contributed by atoms with Gasteiger partial charge in [0.05, 0.1) is 6.61 Å². The van der Waals surface area contributed by atoms with Crippen LogP contribution in [0, 0.1) is 0 Å². The standard InChI is InChI=1S/C4H11ClNO3P/c5-3-1-2-4-9-10(6,7)8/h1-4H2,(H3,6,7,8). The third-order valence-corrected chi connectivity index (χ3v) is 1.62. The summed E-state index contributed by atoms with van der Waals surface area (Å²) in [6.45, 7) is 0.191. The lowest BCUT2D eigenvalue weighted by Gasteiger charge is -2.04. The first-order valence-corrected chi connectivity index (χ1v) is 5.06. The number of unbranched alkanes of at least 4 members (excludes halogenated alkanes) is 1. The molecule has 0 amide bonds. The SMILES string of the molecule is NP(=O)(O)OCCCCCl. The Labute approximate surface area is 64.9 Å². The maximum Gasteiger partial charge on any atom is 0.400 e. The van der Waals surface area contributed by atoms with Crippen molar-refractivity contribution in [2.24, 2.45) is 5.50 Å². The molecule has 1 atom stereocenters. The third kappa shape index (κ3) is 8.40. The van der Waals surface area contributed by atoms with Gasteiger partial charge in [-0.05, 0) is 12.8 Å². The van der Waals surface area contributed by atoms with Crippen LogP contribution in [0.2, 0.25) is 0 Å². The van der Waals surface area contributed by atoms with E-state index >= 15 is 0 Å². The van der Waals surface area contributed by atoms with Gasteiger partial charge in [-0.15, -0.1) is 11.6 Å². The number of alkyl halides is 1. The van der Waals surface area contributed by atoms with Crippen LogP contribution in [-0.2, 0) is 9.09 Å². The average Bonchev–Trinajstić information content (AvgIpc) is 1.78. The maximum atomic E-state index is 10.3. The fourth-order valence-corrected chi connectivity index (χ4v) is 0.972. The smallest absolute Gasteiger partial charge is 0.313 e. The number of nitrogens with two attached hydrogens (primary N) is 1. The Kier molecular flexibility index (Phi) is 5.31. The van der Waals surface area contributed by atoms with E-state index in [0.717, 1.165) is 6.42 Å². The van der Waals surface area contributed by atoms with Gasteiger partial charge in [0.2, 0.25) is 0 Å². The van der Waals surface area contributed by atoms with Gasteiger partial charge in [-0.25, -0.2) is 10.1 Å². The molecule has 3 N–H and O–H groups in total. The lowest BCUT2D eigenvalue weighted by Crippen LogP contribution is -1.99. The molecule has 4 nitrogen and oxygen atoms in total. The van der Waals surface area contributed by atoms with Crippen molar-refractivity contribution in [3.05, 3.63) is 0 Å². The minimum Gasteiger partial charge on any atom is -0.313 e. The predicted octanol–water partition coefficient (Wildman–Crippen LogP) is 1.08. The van der Waals surface area contributed by atoms with E-state index in [9.17, 15) is 4.57 Å². The van der Waals surface area contributed by atoms with Crippen molar-refractivity contribution in [3.63, 3.8) is 0 Å². The molecule has 0 radical (unpaired) electrons. The van der Waals surface area contributed by atoms with Crippen LogP contribution < -0.4 is 5.50 Å². The highest BCUT2D eigenvalue weighted by atomic mass is 35.5. The summed E-state index contributed by atoms with van der Waals surface area (Å²) < 4.78 is 14.6. The highest BCUT2D eigenvalue weighted by molar-refractivity contribution is 7.50. The summed E-state index contributed by atoms with van der Waals surface area (Å²) in [5, 5.41) is 0. The highest BCUT2D eigenvalue weighted by Gasteiger charge is 2.08. The molecule has 0 saturated carbocycles. The molecule has 0 spiro atoms. The van der Waals surface area contributed by atoms with Crippen LogP contribution in [-0.4, -0.2) is 17.4 Å². The number of halogens is 1. The van der Waals surface area contributed by atoms with Crippen molar-refractivity contribution in [2.75, 3.05) is 12.5 Å². The normalized spacial score (nSPS) is 16.7.